The monoisotopic (exact) mass is 336 g/mol. The summed E-state index contributed by atoms with van der Waals surface area (Å²) in [5.41, 5.74) is 0.671. The van der Waals surface area contributed by atoms with Crippen LogP contribution >= 0.6 is 11.8 Å². The number of benzene rings is 1. The Morgan fingerprint density at radius 3 is 2.61 bits per heavy atom. The molecule has 2 amide bonds. The Bertz CT molecular complexity index is 603. The number of amides is 2. The zero-order valence-electron chi connectivity index (χ0n) is 13.0. The molecule has 0 aromatic heterocycles. The molecule has 2 fully saturated rings. The van der Waals surface area contributed by atoms with E-state index in [1.54, 1.807) is 28.0 Å². The van der Waals surface area contributed by atoms with Gasteiger partial charge in [-0.3, -0.25) is 9.59 Å². The molecule has 0 unspecified atom stereocenters. The lowest BCUT2D eigenvalue weighted by Gasteiger charge is -2.33. The van der Waals surface area contributed by atoms with Crippen molar-refractivity contribution in [2.45, 2.75) is 18.3 Å². The summed E-state index contributed by atoms with van der Waals surface area (Å²) in [5, 5.41) is 9.75. The molecule has 2 saturated heterocycles. The maximum atomic E-state index is 12.8. The highest BCUT2D eigenvalue weighted by molar-refractivity contribution is 7.99. The minimum Gasteiger partial charge on any atom is -0.508 e. The van der Waals surface area contributed by atoms with E-state index in [-0.39, 0.29) is 22.9 Å². The van der Waals surface area contributed by atoms with Crippen LogP contribution < -0.4 is 0 Å². The lowest BCUT2D eigenvalue weighted by atomic mass is 10.1. The zero-order chi connectivity index (χ0) is 16.4. The first-order valence-electron chi connectivity index (χ1n) is 7.64. The molecule has 0 spiro atoms. The van der Waals surface area contributed by atoms with Crippen LogP contribution in [-0.4, -0.2) is 64.8 Å². The molecule has 0 aliphatic carbocycles. The first kappa shape index (κ1) is 16.1. The van der Waals surface area contributed by atoms with Crippen molar-refractivity contribution in [3.05, 3.63) is 29.8 Å². The third kappa shape index (κ3) is 3.16. The van der Waals surface area contributed by atoms with E-state index in [2.05, 4.69) is 0 Å². The van der Waals surface area contributed by atoms with E-state index in [1.165, 1.54) is 18.7 Å². The van der Waals surface area contributed by atoms with Gasteiger partial charge in [0.25, 0.3) is 0 Å². The molecule has 2 heterocycles. The molecule has 7 heteroatoms. The minimum atomic E-state index is -0.486. The first-order chi connectivity index (χ1) is 11.1. The quantitative estimate of drug-likeness (QED) is 0.879. The van der Waals surface area contributed by atoms with E-state index >= 15 is 0 Å². The first-order valence-corrected chi connectivity index (χ1v) is 8.69. The molecule has 2 aliphatic rings. The highest BCUT2D eigenvalue weighted by atomic mass is 32.2. The van der Waals surface area contributed by atoms with Gasteiger partial charge in [-0.1, -0.05) is 18.2 Å². The minimum absolute atomic E-state index is 0.0334. The maximum absolute atomic E-state index is 12.8. The van der Waals surface area contributed by atoms with E-state index in [1.807, 2.05) is 6.07 Å². The molecule has 6 nitrogen and oxygen atoms in total. The number of morpholine rings is 1. The Kier molecular flexibility index (Phi) is 4.77. The van der Waals surface area contributed by atoms with Gasteiger partial charge in [-0.2, -0.15) is 0 Å². The predicted molar refractivity (Wildman–Crippen MR) is 87.0 cm³/mol. The molecule has 1 aromatic carbocycles. The summed E-state index contributed by atoms with van der Waals surface area (Å²) in [4.78, 5) is 28.3. The van der Waals surface area contributed by atoms with Crippen LogP contribution in [0.15, 0.2) is 24.3 Å². The van der Waals surface area contributed by atoms with E-state index in [0.29, 0.717) is 37.6 Å². The Hall–Kier alpha value is -1.73. The largest absolute Gasteiger partial charge is 0.508 e. The number of carbonyl (C=O) groups is 2. The van der Waals surface area contributed by atoms with Crippen molar-refractivity contribution in [1.82, 2.24) is 9.80 Å². The van der Waals surface area contributed by atoms with E-state index in [0.717, 1.165) is 0 Å². The number of carbonyl (C=O) groups excluding carboxylic acids is 2. The molecule has 1 N–H and O–H groups in total. The van der Waals surface area contributed by atoms with Crippen LogP contribution in [0.25, 0.3) is 0 Å². The van der Waals surface area contributed by atoms with Crippen LogP contribution in [0.5, 0.6) is 5.75 Å². The van der Waals surface area contributed by atoms with Crippen LogP contribution in [0.4, 0.5) is 0 Å². The number of phenolic OH excluding ortho intramolecular Hbond substituents is 1. The number of thioether (sulfide) groups is 1. The van der Waals surface area contributed by atoms with Crippen LogP contribution in [0.3, 0.4) is 0 Å². The van der Waals surface area contributed by atoms with Gasteiger partial charge in [0.15, 0.2) is 0 Å². The van der Waals surface area contributed by atoms with Crippen molar-refractivity contribution in [2.24, 2.45) is 0 Å². The average Bonchev–Trinajstić information content (AvgIpc) is 3.00. The summed E-state index contributed by atoms with van der Waals surface area (Å²) in [7, 11) is 0. The van der Waals surface area contributed by atoms with Crippen molar-refractivity contribution in [3.63, 3.8) is 0 Å². The lowest BCUT2D eigenvalue weighted by Crippen LogP contribution is -2.52. The third-order valence-electron chi connectivity index (χ3n) is 4.17. The number of hydrogen-bond donors (Lipinski definition) is 1. The molecule has 0 radical (unpaired) electrons. The van der Waals surface area contributed by atoms with Gasteiger partial charge in [-0.05, 0) is 6.07 Å². The molecule has 124 valence electrons. The molecule has 0 saturated carbocycles. The fourth-order valence-corrected chi connectivity index (χ4v) is 4.51. The van der Waals surface area contributed by atoms with E-state index in [4.69, 9.17) is 4.74 Å². The van der Waals surface area contributed by atoms with Crippen molar-refractivity contribution in [1.29, 1.82) is 0 Å². The summed E-state index contributed by atoms with van der Waals surface area (Å²) in [6.45, 7) is 3.67. The number of rotatable bonds is 2. The number of phenols is 1. The van der Waals surface area contributed by atoms with Gasteiger partial charge in [0.1, 0.15) is 17.2 Å². The number of aromatic hydroxyl groups is 1. The van der Waals surface area contributed by atoms with Crippen LogP contribution in [0.1, 0.15) is 17.9 Å². The van der Waals surface area contributed by atoms with Crippen molar-refractivity contribution in [3.8, 4) is 5.75 Å². The van der Waals surface area contributed by atoms with E-state index in [9.17, 15) is 14.7 Å². The molecular formula is C16H20N2O4S. The summed E-state index contributed by atoms with van der Waals surface area (Å²) in [6.07, 6.45) is 0. The molecule has 3 rings (SSSR count). The summed E-state index contributed by atoms with van der Waals surface area (Å²) < 4.78 is 5.28. The SMILES string of the molecule is CC(=O)N1[C@@H](c2ccccc2O)SC[C@H]1C(=O)N1CCOCC1. The molecule has 1 aromatic rings. The Morgan fingerprint density at radius 1 is 1.26 bits per heavy atom. The number of hydrogen-bond acceptors (Lipinski definition) is 5. The molecule has 23 heavy (non-hydrogen) atoms. The summed E-state index contributed by atoms with van der Waals surface area (Å²) >= 11 is 1.51. The second-order valence-electron chi connectivity index (χ2n) is 5.62. The van der Waals surface area contributed by atoms with Gasteiger partial charge >= 0.3 is 0 Å². The summed E-state index contributed by atoms with van der Waals surface area (Å²) in [6, 6.07) is 6.48. The highest BCUT2D eigenvalue weighted by Gasteiger charge is 2.43. The van der Waals surface area contributed by atoms with E-state index < -0.39 is 6.04 Å². The van der Waals surface area contributed by atoms with Crippen LogP contribution in [0.2, 0.25) is 0 Å². The third-order valence-corrected chi connectivity index (χ3v) is 5.48. The molecule has 2 atom stereocenters. The Labute approximate surface area is 139 Å². The number of ether oxygens (including phenoxy) is 1. The molecule has 2 aliphatic heterocycles. The van der Waals surface area contributed by atoms with Gasteiger partial charge in [0.05, 0.1) is 13.2 Å². The van der Waals surface area contributed by atoms with Gasteiger partial charge in [-0.25, -0.2) is 0 Å². The highest BCUT2D eigenvalue weighted by Crippen LogP contribution is 2.44. The topological polar surface area (TPSA) is 70.1 Å². The normalized spacial score (nSPS) is 24.7. The van der Waals surface area contributed by atoms with Gasteiger partial charge in [0.2, 0.25) is 11.8 Å². The Morgan fingerprint density at radius 2 is 1.96 bits per heavy atom. The molecule has 0 bridgehead atoms. The average molecular weight is 336 g/mol. The second-order valence-corrected chi connectivity index (χ2v) is 6.74. The van der Waals surface area contributed by atoms with Crippen molar-refractivity contribution >= 4 is 23.6 Å². The van der Waals surface area contributed by atoms with Crippen molar-refractivity contribution in [2.75, 3.05) is 32.1 Å². The summed E-state index contributed by atoms with van der Waals surface area (Å²) in [5.74, 6) is 0.494. The number of para-hydroxylation sites is 1. The second kappa shape index (κ2) is 6.80. The lowest BCUT2D eigenvalue weighted by molar-refractivity contribution is -0.146. The van der Waals surface area contributed by atoms with Crippen LogP contribution in [-0.2, 0) is 14.3 Å². The standard InChI is InChI=1S/C16H20N2O4S/c1-11(19)18-13(15(21)17-6-8-22-9-7-17)10-23-16(18)12-4-2-3-5-14(12)20/h2-5,13,16,20H,6-10H2,1H3/t13-,16+/m0/s1. The predicted octanol–water partition coefficient (Wildman–Crippen LogP) is 1.21. The van der Waals surface area contributed by atoms with Gasteiger partial charge in [-0.15, -0.1) is 11.8 Å². The fourth-order valence-electron chi connectivity index (χ4n) is 3.01. The fraction of sp³-hybridized carbons (Fsp3) is 0.500. The smallest absolute Gasteiger partial charge is 0.246 e. The van der Waals surface area contributed by atoms with Crippen molar-refractivity contribution < 1.29 is 19.4 Å². The number of nitrogens with zero attached hydrogens (tertiary/aromatic N) is 2. The van der Waals surface area contributed by atoms with Gasteiger partial charge < -0.3 is 19.6 Å². The maximum Gasteiger partial charge on any atom is 0.246 e. The Balaban J connectivity index is 1.84. The molecular weight excluding hydrogens is 316 g/mol. The van der Waals surface area contributed by atoms with Gasteiger partial charge in [0, 0.05) is 31.3 Å². The zero-order valence-corrected chi connectivity index (χ0v) is 13.8. The van der Waals surface area contributed by atoms with Crippen LogP contribution in [0, 0.1) is 0 Å².